The van der Waals surface area contributed by atoms with Crippen molar-refractivity contribution < 1.29 is 4.42 Å². The number of nitrogens with zero attached hydrogens (tertiary/aromatic N) is 3. The summed E-state index contributed by atoms with van der Waals surface area (Å²) >= 11 is 0. The molecule has 7 heteroatoms. The van der Waals surface area contributed by atoms with Gasteiger partial charge >= 0.3 is 0 Å². The molecule has 0 fully saturated rings. The van der Waals surface area contributed by atoms with Crippen LogP contribution in [0.5, 0.6) is 0 Å². The largest absolute Gasteiger partial charge is 0.461 e. The lowest BCUT2D eigenvalue weighted by atomic mass is 10.1. The third-order valence-electron chi connectivity index (χ3n) is 4.82. The van der Waals surface area contributed by atoms with Crippen molar-refractivity contribution in [2.75, 3.05) is 13.6 Å². The SMILES string of the molecule is CN=C(NCCc1cc2ccccc2o1)NCc1ccccc1Cn1cccn1.I. The number of para-hydroxylation sites is 1. The number of halogens is 1. The van der Waals surface area contributed by atoms with Crippen molar-refractivity contribution in [3.05, 3.63) is 89.9 Å². The molecule has 30 heavy (non-hydrogen) atoms. The third kappa shape index (κ3) is 5.63. The minimum Gasteiger partial charge on any atom is -0.461 e. The number of furan rings is 1. The molecule has 0 atom stereocenters. The molecule has 4 aromatic rings. The number of nitrogens with one attached hydrogen (secondary N) is 2. The van der Waals surface area contributed by atoms with E-state index in [-0.39, 0.29) is 24.0 Å². The first kappa shape index (κ1) is 21.9. The van der Waals surface area contributed by atoms with Gasteiger partial charge in [-0.1, -0.05) is 42.5 Å². The summed E-state index contributed by atoms with van der Waals surface area (Å²) in [6.07, 6.45) is 4.57. The summed E-state index contributed by atoms with van der Waals surface area (Å²) in [4.78, 5) is 4.33. The van der Waals surface area contributed by atoms with Gasteiger partial charge in [0.2, 0.25) is 0 Å². The van der Waals surface area contributed by atoms with E-state index in [0.29, 0.717) is 6.54 Å². The molecular weight excluding hydrogens is 489 g/mol. The van der Waals surface area contributed by atoms with E-state index in [1.165, 1.54) is 11.1 Å². The van der Waals surface area contributed by atoms with Gasteiger partial charge in [0.05, 0.1) is 6.54 Å². The molecule has 2 aromatic heterocycles. The van der Waals surface area contributed by atoms with Gasteiger partial charge in [-0.15, -0.1) is 24.0 Å². The lowest BCUT2D eigenvalue weighted by Crippen LogP contribution is -2.38. The predicted octanol–water partition coefficient (Wildman–Crippen LogP) is 4.20. The van der Waals surface area contributed by atoms with Gasteiger partial charge in [0, 0.05) is 44.3 Å². The zero-order chi connectivity index (χ0) is 19.9. The molecule has 0 spiro atoms. The molecular formula is C23H26IN5O. The third-order valence-corrected chi connectivity index (χ3v) is 4.82. The lowest BCUT2D eigenvalue weighted by molar-refractivity contribution is 0.544. The zero-order valence-electron chi connectivity index (χ0n) is 16.9. The number of benzene rings is 2. The van der Waals surface area contributed by atoms with Crippen LogP contribution < -0.4 is 10.6 Å². The Balaban J connectivity index is 0.00000256. The molecule has 0 aliphatic carbocycles. The van der Waals surface area contributed by atoms with E-state index in [1.54, 1.807) is 13.2 Å². The van der Waals surface area contributed by atoms with E-state index in [0.717, 1.165) is 42.2 Å². The Bertz CT molecular complexity index is 1050. The number of aromatic nitrogens is 2. The van der Waals surface area contributed by atoms with E-state index in [4.69, 9.17) is 4.42 Å². The molecule has 2 N–H and O–H groups in total. The van der Waals surface area contributed by atoms with Gasteiger partial charge in [0.25, 0.3) is 0 Å². The number of hydrogen-bond acceptors (Lipinski definition) is 3. The molecule has 0 saturated heterocycles. The second-order valence-electron chi connectivity index (χ2n) is 6.83. The highest BCUT2D eigenvalue weighted by Crippen LogP contribution is 2.18. The summed E-state index contributed by atoms with van der Waals surface area (Å²) in [5.74, 6) is 1.74. The van der Waals surface area contributed by atoms with Crippen LogP contribution in [0.1, 0.15) is 16.9 Å². The molecule has 2 aromatic carbocycles. The van der Waals surface area contributed by atoms with Crippen LogP contribution in [0.3, 0.4) is 0 Å². The summed E-state index contributed by atoms with van der Waals surface area (Å²) in [6.45, 7) is 2.19. The highest BCUT2D eigenvalue weighted by molar-refractivity contribution is 14.0. The van der Waals surface area contributed by atoms with Crippen LogP contribution in [0.25, 0.3) is 11.0 Å². The number of fused-ring (bicyclic) bond motifs is 1. The quantitative estimate of drug-likeness (QED) is 0.220. The zero-order valence-corrected chi connectivity index (χ0v) is 19.2. The van der Waals surface area contributed by atoms with Crippen molar-refractivity contribution in [1.82, 2.24) is 20.4 Å². The Hall–Kier alpha value is -2.81. The van der Waals surface area contributed by atoms with Crippen molar-refractivity contribution in [3.8, 4) is 0 Å². The minimum atomic E-state index is 0. The van der Waals surface area contributed by atoms with Gasteiger partial charge in [0.1, 0.15) is 11.3 Å². The maximum absolute atomic E-state index is 5.87. The fourth-order valence-corrected chi connectivity index (χ4v) is 3.32. The van der Waals surface area contributed by atoms with E-state index in [1.807, 2.05) is 35.1 Å². The maximum atomic E-state index is 5.87. The van der Waals surface area contributed by atoms with Crippen LogP contribution in [0.15, 0.2) is 82.5 Å². The van der Waals surface area contributed by atoms with E-state index < -0.39 is 0 Å². The van der Waals surface area contributed by atoms with Crippen molar-refractivity contribution >= 4 is 40.9 Å². The molecule has 2 heterocycles. The summed E-state index contributed by atoms with van der Waals surface area (Å²) in [5, 5.41) is 12.2. The standard InChI is InChI=1S/C23H25N5O.HI/c1-24-23(25-13-11-21-15-18-7-4-5-10-22(18)29-21)26-16-19-8-2-3-9-20(19)17-28-14-6-12-27-28;/h2-10,12,14-15H,11,13,16-17H2,1H3,(H2,24,25,26);1H. The first-order valence-corrected chi connectivity index (χ1v) is 9.78. The van der Waals surface area contributed by atoms with E-state index >= 15 is 0 Å². The van der Waals surface area contributed by atoms with Crippen LogP contribution in [-0.4, -0.2) is 29.3 Å². The van der Waals surface area contributed by atoms with Crippen molar-refractivity contribution in [2.24, 2.45) is 4.99 Å². The van der Waals surface area contributed by atoms with Gasteiger partial charge in [-0.3, -0.25) is 9.67 Å². The Morgan fingerprint density at radius 1 is 1.03 bits per heavy atom. The van der Waals surface area contributed by atoms with Crippen molar-refractivity contribution in [2.45, 2.75) is 19.5 Å². The Kier molecular flexibility index (Phi) is 7.89. The monoisotopic (exact) mass is 515 g/mol. The van der Waals surface area contributed by atoms with Crippen LogP contribution in [-0.2, 0) is 19.5 Å². The van der Waals surface area contributed by atoms with Crippen molar-refractivity contribution in [3.63, 3.8) is 0 Å². The normalized spacial score (nSPS) is 11.3. The average molecular weight is 515 g/mol. The lowest BCUT2D eigenvalue weighted by Gasteiger charge is -2.14. The molecule has 0 bridgehead atoms. The number of aliphatic imine (C=N–C) groups is 1. The van der Waals surface area contributed by atoms with Crippen molar-refractivity contribution in [1.29, 1.82) is 0 Å². The predicted molar refractivity (Wildman–Crippen MR) is 131 cm³/mol. The molecule has 156 valence electrons. The second kappa shape index (κ2) is 10.8. The molecule has 0 amide bonds. The highest BCUT2D eigenvalue weighted by Gasteiger charge is 2.06. The van der Waals surface area contributed by atoms with Crippen LogP contribution >= 0.6 is 24.0 Å². The smallest absolute Gasteiger partial charge is 0.191 e. The molecule has 4 rings (SSSR count). The molecule has 0 aliphatic heterocycles. The number of rotatable bonds is 7. The number of hydrogen-bond donors (Lipinski definition) is 2. The second-order valence-corrected chi connectivity index (χ2v) is 6.83. The Morgan fingerprint density at radius 3 is 2.60 bits per heavy atom. The number of guanidine groups is 1. The van der Waals surface area contributed by atoms with Crippen LogP contribution in [0.4, 0.5) is 0 Å². The topological polar surface area (TPSA) is 67.4 Å². The maximum Gasteiger partial charge on any atom is 0.191 e. The van der Waals surface area contributed by atoms with Crippen LogP contribution in [0.2, 0.25) is 0 Å². The summed E-state index contributed by atoms with van der Waals surface area (Å²) in [5.41, 5.74) is 3.39. The van der Waals surface area contributed by atoms with Gasteiger partial charge in [0.15, 0.2) is 5.96 Å². The molecule has 0 saturated carbocycles. The Morgan fingerprint density at radius 2 is 1.83 bits per heavy atom. The van der Waals surface area contributed by atoms with Gasteiger partial charge in [-0.05, 0) is 29.3 Å². The van der Waals surface area contributed by atoms with Gasteiger partial charge in [-0.2, -0.15) is 5.10 Å². The summed E-state index contributed by atoms with van der Waals surface area (Å²) < 4.78 is 7.80. The highest BCUT2D eigenvalue weighted by atomic mass is 127. The molecule has 6 nitrogen and oxygen atoms in total. The summed E-state index contributed by atoms with van der Waals surface area (Å²) in [7, 11) is 1.78. The van der Waals surface area contributed by atoms with E-state index in [9.17, 15) is 0 Å². The molecule has 0 unspecified atom stereocenters. The van der Waals surface area contributed by atoms with Crippen LogP contribution in [0, 0.1) is 0 Å². The summed E-state index contributed by atoms with van der Waals surface area (Å²) in [6, 6.07) is 20.5. The fourth-order valence-electron chi connectivity index (χ4n) is 3.32. The van der Waals surface area contributed by atoms with E-state index in [2.05, 4.69) is 57.1 Å². The molecule has 0 radical (unpaired) electrons. The first-order valence-electron chi connectivity index (χ1n) is 9.78. The van der Waals surface area contributed by atoms with Gasteiger partial charge < -0.3 is 15.1 Å². The minimum absolute atomic E-state index is 0. The average Bonchev–Trinajstić information content (AvgIpc) is 3.40. The molecule has 0 aliphatic rings. The fraction of sp³-hybridized carbons (Fsp3) is 0.217. The van der Waals surface area contributed by atoms with Gasteiger partial charge in [-0.25, -0.2) is 0 Å². The Labute approximate surface area is 193 Å². The first-order chi connectivity index (χ1) is 14.3.